The highest BCUT2D eigenvalue weighted by Gasteiger charge is 2.24. The van der Waals surface area contributed by atoms with Crippen molar-refractivity contribution in [3.05, 3.63) is 71.5 Å². The highest BCUT2D eigenvalue weighted by molar-refractivity contribution is 6.48. The third-order valence-corrected chi connectivity index (χ3v) is 5.04. The highest BCUT2D eigenvalue weighted by atomic mass is 16.5. The number of aromatic nitrogens is 1. The molecule has 35 heavy (non-hydrogen) atoms. The number of hydrogen-bond donors (Lipinski definition) is 4. The molecule has 0 saturated carbocycles. The third-order valence-electron chi connectivity index (χ3n) is 5.04. The molecule has 3 rings (SSSR count). The van der Waals surface area contributed by atoms with Gasteiger partial charge >= 0.3 is 12.1 Å². The van der Waals surface area contributed by atoms with E-state index in [9.17, 15) is 24.6 Å². The van der Waals surface area contributed by atoms with E-state index in [0.29, 0.717) is 11.1 Å². The number of pyridine rings is 1. The zero-order valence-corrected chi connectivity index (χ0v) is 18.6. The van der Waals surface area contributed by atoms with Crippen LogP contribution in [0, 0.1) is 16.7 Å². The molecule has 2 aromatic carbocycles. The van der Waals surface area contributed by atoms with Gasteiger partial charge in [0.05, 0.1) is 35.7 Å². The number of anilines is 2. The summed E-state index contributed by atoms with van der Waals surface area (Å²) in [5.41, 5.74) is 0.0330. The van der Waals surface area contributed by atoms with E-state index in [2.05, 4.69) is 10.3 Å². The number of aromatic carboxylic acids is 1. The van der Waals surface area contributed by atoms with Crippen LogP contribution in [0.2, 0.25) is 0 Å². The SMILES string of the molecule is COC(=O)N(C)c1cc(O)c(C(=N)C(=O)Nc2ccc(C#N)cc2C(=O)O)cc1-c1ccncc1. The summed E-state index contributed by atoms with van der Waals surface area (Å²) >= 11 is 0. The highest BCUT2D eigenvalue weighted by Crippen LogP contribution is 2.36. The Bertz CT molecular complexity index is 1380. The van der Waals surface area contributed by atoms with E-state index in [1.807, 2.05) is 6.07 Å². The molecule has 4 N–H and O–H groups in total. The summed E-state index contributed by atoms with van der Waals surface area (Å²) in [6.45, 7) is 0. The fourth-order valence-corrected chi connectivity index (χ4v) is 3.26. The number of amides is 2. The lowest BCUT2D eigenvalue weighted by molar-refractivity contribution is -0.110. The second kappa shape index (κ2) is 10.1. The van der Waals surface area contributed by atoms with Gasteiger partial charge in [-0.3, -0.25) is 20.1 Å². The fourth-order valence-electron chi connectivity index (χ4n) is 3.26. The molecule has 3 aromatic rings. The number of nitriles is 1. The molecule has 1 aromatic heterocycles. The first kappa shape index (κ1) is 24.4. The quantitative estimate of drug-likeness (QED) is 0.394. The number of aromatic hydroxyl groups is 1. The standard InChI is InChI=1S/C24H19N5O6/c1-29(24(34)35-2)19-11-20(30)17(10-15(19)14-5-7-27-8-6-14)21(26)22(31)28-18-4-3-13(12-25)9-16(18)23(32)33/h3-11,26,30H,1-2H3,(H,28,31)(H,32,33). The Morgan fingerprint density at radius 1 is 1.11 bits per heavy atom. The molecule has 0 fully saturated rings. The van der Waals surface area contributed by atoms with Crippen molar-refractivity contribution in [3.63, 3.8) is 0 Å². The Balaban J connectivity index is 2.04. The lowest BCUT2D eigenvalue weighted by atomic mass is 9.97. The minimum absolute atomic E-state index is 0.0837. The van der Waals surface area contributed by atoms with Gasteiger partial charge in [0, 0.05) is 36.6 Å². The van der Waals surface area contributed by atoms with Crippen LogP contribution in [0.4, 0.5) is 16.2 Å². The Morgan fingerprint density at radius 3 is 2.40 bits per heavy atom. The first-order valence-electron chi connectivity index (χ1n) is 9.94. The molecule has 0 atom stereocenters. The molecule has 0 aliphatic rings. The van der Waals surface area contributed by atoms with Gasteiger partial charge in [-0.2, -0.15) is 5.26 Å². The van der Waals surface area contributed by atoms with Gasteiger partial charge in [-0.1, -0.05) is 0 Å². The molecule has 0 spiro atoms. The Morgan fingerprint density at radius 2 is 1.80 bits per heavy atom. The van der Waals surface area contributed by atoms with Gasteiger partial charge < -0.3 is 20.3 Å². The van der Waals surface area contributed by atoms with Crippen molar-refractivity contribution in [2.24, 2.45) is 0 Å². The van der Waals surface area contributed by atoms with E-state index in [4.69, 9.17) is 15.4 Å². The van der Waals surface area contributed by atoms with E-state index < -0.39 is 29.4 Å². The number of nitrogens with zero attached hydrogens (tertiary/aromatic N) is 3. The van der Waals surface area contributed by atoms with Crippen LogP contribution in [0.15, 0.2) is 54.9 Å². The maximum absolute atomic E-state index is 12.8. The fraction of sp³-hybridized carbons (Fsp3) is 0.0833. The molecule has 11 heteroatoms. The first-order valence-corrected chi connectivity index (χ1v) is 9.94. The summed E-state index contributed by atoms with van der Waals surface area (Å²) in [6, 6.07) is 11.3. The normalized spacial score (nSPS) is 10.1. The van der Waals surface area contributed by atoms with Crippen LogP contribution in [-0.2, 0) is 9.53 Å². The summed E-state index contributed by atoms with van der Waals surface area (Å²) < 4.78 is 4.75. The molecule has 2 amide bonds. The lowest BCUT2D eigenvalue weighted by Gasteiger charge is -2.21. The van der Waals surface area contributed by atoms with Crippen molar-refractivity contribution in [2.45, 2.75) is 0 Å². The maximum atomic E-state index is 12.8. The predicted octanol–water partition coefficient (Wildman–Crippen LogP) is 3.23. The van der Waals surface area contributed by atoms with E-state index >= 15 is 0 Å². The topological polar surface area (TPSA) is 177 Å². The molecule has 0 bridgehead atoms. The van der Waals surface area contributed by atoms with E-state index in [1.165, 1.54) is 50.8 Å². The predicted molar refractivity (Wildman–Crippen MR) is 126 cm³/mol. The Labute approximate surface area is 199 Å². The second-order valence-electron chi connectivity index (χ2n) is 7.16. The Hall–Kier alpha value is -5.24. The summed E-state index contributed by atoms with van der Waals surface area (Å²) in [5, 5.41) is 39.7. The number of carboxylic acid groups (broad SMARTS) is 1. The minimum atomic E-state index is -1.37. The van der Waals surface area contributed by atoms with Crippen molar-refractivity contribution in [1.29, 1.82) is 10.7 Å². The number of rotatable bonds is 6. The molecule has 1 heterocycles. The molecular weight excluding hydrogens is 454 g/mol. The van der Waals surface area contributed by atoms with Crippen molar-refractivity contribution in [3.8, 4) is 22.9 Å². The van der Waals surface area contributed by atoms with Crippen LogP contribution in [-0.4, -0.2) is 53.0 Å². The van der Waals surface area contributed by atoms with Gasteiger partial charge in [-0.15, -0.1) is 0 Å². The van der Waals surface area contributed by atoms with Gasteiger partial charge in [-0.25, -0.2) is 9.59 Å². The van der Waals surface area contributed by atoms with Gasteiger partial charge in [0.1, 0.15) is 11.5 Å². The number of ether oxygens (including phenoxy) is 1. The number of benzene rings is 2. The zero-order chi connectivity index (χ0) is 25.7. The molecule has 0 saturated heterocycles. The van der Waals surface area contributed by atoms with Crippen molar-refractivity contribution >= 4 is 35.1 Å². The largest absolute Gasteiger partial charge is 0.507 e. The van der Waals surface area contributed by atoms with E-state index in [0.717, 1.165) is 11.0 Å². The van der Waals surface area contributed by atoms with Crippen molar-refractivity contribution in [2.75, 3.05) is 24.4 Å². The molecule has 0 aliphatic heterocycles. The molecule has 0 unspecified atom stereocenters. The van der Waals surface area contributed by atoms with Crippen LogP contribution < -0.4 is 10.2 Å². The van der Waals surface area contributed by atoms with E-state index in [1.54, 1.807) is 12.1 Å². The van der Waals surface area contributed by atoms with E-state index in [-0.39, 0.29) is 28.1 Å². The maximum Gasteiger partial charge on any atom is 0.413 e. The average Bonchev–Trinajstić information content (AvgIpc) is 2.87. The number of hydrogen-bond acceptors (Lipinski definition) is 8. The van der Waals surface area contributed by atoms with Gasteiger partial charge in [0.25, 0.3) is 5.91 Å². The second-order valence-corrected chi connectivity index (χ2v) is 7.16. The van der Waals surface area contributed by atoms with Crippen LogP contribution in [0.25, 0.3) is 11.1 Å². The number of carbonyl (C=O) groups is 3. The number of methoxy groups -OCH3 is 1. The van der Waals surface area contributed by atoms with Crippen molar-refractivity contribution < 1.29 is 29.3 Å². The molecule has 0 radical (unpaired) electrons. The summed E-state index contributed by atoms with van der Waals surface area (Å²) in [6.07, 6.45) is 2.32. The molecule has 11 nitrogen and oxygen atoms in total. The number of carboxylic acids is 1. The molecular formula is C24H19N5O6. The third kappa shape index (κ3) is 5.07. The molecule has 176 valence electrons. The summed E-state index contributed by atoms with van der Waals surface area (Å²) in [7, 11) is 2.63. The van der Waals surface area contributed by atoms with Crippen LogP contribution in [0.5, 0.6) is 5.75 Å². The van der Waals surface area contributed by atoms with Gasteiger partial charge in [0.15, 0.2) is 0 Å². The average molecular weight is 473 g/mol. The number of phenols is 1. The summed E-state index contributed by atoms with van der Waals surface area (Å²) in [5.74, 6) is -2.84. The lowest BCUT2D eigenvalue weighted by Crippen LogP contribution is -2.27. The van der Waals surface area contributed by atoms with Gasteiger partial charge in [-0.05, 0) is 42.0 Å². The smallest absolute Gasteiger partial charge is 0.413 e. The zero-order valence-electron chi connectivity index (χ0n) is 18.6. The number of carbonyl (C=O) groups excluding carboxylic acids is 2. The molecule has 0 aliphatic carbocycles. The van der Waals surface area contributed by atoms with Crippen LogP contribution in [0.1, 0.15) is 21.5 Å². The summed E-state index contributed by atoms with van der Waals surface area (Å²) in [4.78, 5) is 41.6. The van der Waals surface area contributed by atoms with Crippen LogP contribution >= 0.6 is 0 Å². The minimum Gasteiger partial charge on any atom is -0.507 e. The van der Waals surface area contributed by atoms with Crippen molar-refractivity contribution in [1.82, 2.24) is 4.98 Å². The monoisotopic (exact) mass is 473 g/mol. The van der Waals surface area contributed by atoms with Crippen LogP contribution in [0.3, 0.4) is 0 Å². The number of nitrogens with one attached hydrogen (secondary N) is 2. The van der Waals surface area contributed by atoms with Gasteiger partial charge in [0.2, 0.25) is 0 Å². The first-order chi connectivity index (χ1) is 16.7. The Kier molecular flexibility index (Phi) is 7.07. The number of phenolic OH excluding ortho intramolecular Hbond substituents is 1.